The van der Waals surface area contributed by atoms with Crippen LogP contribution >= 0.6 is 0 Å². The van der Waals surface area contributed by atoms with Crippen LogP contribution in [0.25, 0.3) is 11.2 Å². The summed E-state index contributed by atoms with van der Waals surface area (Å²) in [5.74, 6) is 0.431. The van der Waals surface area contributed by atoms with Crippen molar-refractivity contribution in [1.29, 1.82) is 0 Å². The van der Waals surface area contributed by atoms with Crippen LogP contribution < -0.4 is 4.90 Å². The Bertz CT molecular complexity index is 767. The molecule has 1 atom stereocenters. The molecule has 3 aromatic rings. The molecule has 0 saturated carbocycles. The van der Waals surface area contributed by atoms with Crippen molar-refractivity contribution in [2.45, 2.75) is 17.8 Å². The first-order chi connectivity index (χ1) is 10.6. The third-order valence-electron chi connectivity index (χ3n) is 3.59. The van der Waals surface area contributed by atoms with Crippen molar-refractivity contribution in [3.63, 3.8) is 0 Å². The summed E-state index contributed by atoms with van der Waals surface area (Å²) in [4.78, 5) is 13.6. The van der Waals surface area contributed by atoms with Crippen LogP contribution in [0.3, 0.4) is 0 Å². The van der Waals surface area contributed by atoms with Crippen molar-refractivity contribution in [2.24, 2.45) is 0 Å². The Balaban J connectivity index is 1.92. The van der Waals surface area contributed by atoms with E-state index in [4.69, 9.17) is 0 Å². The molecule has 2 heterocycles. The molecule has 114 valence electrons. The van der Waals surface area contributed by atoms with Gasteiger partial charge in [0.25, 0.3) is 0 Å². The van der Waals surface area contributed by atoms with Crippen LogP contribution in [-0.2, 0) is 16.9 Å². The van der Waals surface area contributed by atoms with Gasteiger partial charge in [0, 0.05) is 42.7 Å². The minimum absolute atomic E-state index is 0.431. The third kappa shape index (κ3) is 2.80. The lowest BCUT2D eigenvalue weighted by Crippen LogP contribution is -2.15. The topological polar surface area (TPSA) is 67.9 Å². The monoisotopic (exact) mass is 314 g/mol. The fourth-order valence-corrected chi connectivity index (χ4v) is 3.61. The molecular formula is C16H18N4OS. The Morgan fingerprint density at radius 3 is 2.77 bits per heavy atom. The first kappa shape index (κ1) is 14.9. The second-order valence-electron chi connectivity index (χ2n) is 5.37. The predicted octanol–water partition coefficient (Wildman–Crippen LogP) is 2.64. The van der Waals surface area contributed by atoms with Crippen molar-refractivity contribution >= 4 is 28.0 Å². The second kappa shape index (κ2) is 5.98. The van der Waals surface area contributed by atoms with E-state index in [1.807, 2.05) is 56.3 Å². The average Bonchev–Trinajstić information content (AvgIpc) is 2.93. The van der Waals surface area contributed by atoms with E-state index in [1.54, 1.807) is 6.20 Å². The predicted molar refractivity (Wildman–Crippen MR) is 89.5 cm³/mol. The van der Waals surface area contributed by atoms with Gasteiger partial charge in [0.1, 0.15) is 5.75 Å². The van der Waals surface area contributed by atoms with Crippen LogP contribution in [-0.4, -0.2) is 33.6 Å². The number of anilines is 1. The van der Waals surface area contributed by atoms with E-state index < -0.39 is 11.2 Å². The summed E-state index contributed by atoms with van der Waals surface area (Å²) in [6.45, 7) is 2.04. The standard InChI is InChI=1S/C16H18N4OS/c1-11-6-4-8-14(20(2)3)12(11)10-22(21)16-18-13-7-5-9-17-15(13)19-16/h4-9H,10H2,1-3H3,(H,17,18,19). The summed E-state index contributed by atoms with van der Waals surface area (Å²) in [7, 11) is 3.98. The van der Waals surface area contributed by atoms with Gasteiger partial charge >= 0.3 is 5.16 Å². The highest BCUT2D eigenvalue weighted by molar-refractivity contribution is 7.90. The largest absolute Gasteiger partial charge is 0.609 e. The number of aryl methyl sites for hydroxylation is 1. The zero-order valence-corrected chi connectivity index (χ0v) is 13.6. The Labute approximate surface area is 132 Å². The summed E-state index contributed by atoms with van der Waals surface area (Å²) >= 11 is -1.24. The molecule has 0 aliphatic heterocycles. The number of aromatic amines is 1. The van der Waals surface area contributed by atoms with Crippen molar-refractivity contribution in [3.05, 3.63) is 47.7 Å². The highest BCUT2D eigenvalue weighted by Crippen LogP contribution is 2.26. The number of fused-ring (bicyclic) bond motifs is 1. The summed E-state index contributed by atoms with van der Waals surface area (Å²) < 4.78 is 12.7. The summed E-state index contributed by atoms with van der Waals surface area (Å²) in [5, 5.41) is 0.474. The Hall–Kier alpha value is -2.05. The molecule has 1 unspecified atom stereocenters. The normalized spacial score (nSPS) is 12.5. The van der Waals surface area contributed by atoms with Gasteiger partial charge in [-0.25, -0.2) is 4.98 Å². The van der Waals surface area contributed by atoms with Crippen LogP contribution in [0, 0.1) is 6.92 Å². The number of nitrogens with one attached hydrogen (secondary N) is 1. The van der Waals surface area contributed by atoms with Gasteiger partial charge in [-0.2, -0.15) is 4.98 Å². The molecule has 0 aliphatic rings. The molecule has 5 nitrogen and oxygen atoms in total. The maximum absolute atomic E-state index is 12.7. The van der Waals surface area contributed by atoms with E-state index in [9.17, 15) is 4.55 Å². The minimum atomic E-state index is -1.24. The number of benzene rings is 1. The van der Waals surface area contributed by atoms with Crippen LogP contribution in [0.1, 0.15) is 11.1 Å². The molecule has 6 heteroatoms. The number of rotatable bonds is 4. The minimum Gasteiger partial charge on any atom is -0.609 e. The van der Waals surface area contributed by atoms with Crippen LogP contribution in [0.5, 0.6) is 0 Å². The van der Waals surface area contributed by atoms with Crippen molar-refractivity contribution in [2.75, 3.05) is 19.0 Å². The zero-order valence-electron chi connectivity index (χ0n) is 12.8. The molecule has 0 saturated heterocycles. The lowest BCUT2D eigenvalue weighted by molar-refractivity contribution is 0.587. The number of hydrogen-bond acceptors (Lipinski definition) is 4. The molecule has 0 bridgehead atoms. The molecule has 0 spiro atoms. The fourth-order valence-electron chi connectivity index (χ4n) is 2.42. The highest BCUT2D eigenvalue weighted by Gasteiger charge is 2.21. The van der Waals surface area contributed by atoms with E-state index in [2.05, 4.69) is 15.0 Å². The van der Waals surface area contributed by atoms with E-state index in [0.717, 1.165) is 22.3 Å². The number of nitrogens with zero attached hydrogens (tertiary/aromatic N) is 3. The van der Waals surface area contributed by atoms with Gasteiger partial charge in [-0.3, -0.25) is 4.98 Å². The highest BCUT2D eigenvalue weighted by atomic mass is 32.2. The Morgan fingerprint density at radius 2 is 2.05 bits per heavy atom. The number of pyridine rings is 1. The van der Waals surface area contributed by atoms with Gasteiger partial charge in [-0.15, -0.1) is 0 Å². The smallest absolute Gasteiger partial charge is 0.323 e. The number of imidazole rings is 1. The van der Waals surface area contributed by atoms with Gasteiger partial charge in [-0.05, 0) is 30.7 Å². The first-order valence-corrected chi connectivity index (χ1v) is 8.33. The number of H-pyrrole nitrogens is 1. The van der Waals surface area contributed by atoms with Gasteiger partial charge in [-0.1, -0.05) is 12.1 Å². The van der Waals surface area contributed by atoms with Gasteiger partial charge in [0.05, 0.1) is 5.52 Å². The van der Waals surface area contributed by atoms with E-state index >= 15 is 0 Å². The molecule has 22 heavy (non-hydrogen) atoms. The molecule has 2 aromatic heterocycles. The quantitative estimate of drug-likeness (QED) is 0.752. The Kier molecular flexibility index (Phi) is 4.04. The van der Waals surface area contributed by atoms with Crippen molar-refractivity contribution in [1.82, 2.24) is 15.0 Å². The van der Waals surface area contributed by atoms with Crippen molar-refractivity contribution in [3.8, 4) is 0 Å². The SMILES string of the molecule is Cc1cccc(N(C)C)c1C[S+]([O-])c1nc2ncccc2[nH]1. The summed E-state index contributed by atoms with van der Waals surface area (Å²) in [5.41, 5.74) is 4.71. The number of hydrogen-bond donors (Lipinski definition) is 1. The van der Waals surface area contributed by atoms with E-state index in [-0.39, 0.29) is 0 Å². The fraction of sp³-hybridized carbons (Fsp3) is 0.250. The molecule has 1 N–H and O–H groups in total. The zero-order chi connectivity index (χ0) is 15.7. The molecular weight excluding hydrogens is 296 g/mol. The maximum atomic E-state index is 12.7. The lowest BCUT2D eigenvalue weighted by Gasteiger charge is -2.19. The van der Waals surface area contributed by atoms with Crippen LogP contribution in [0.4, 0.5) is 5.69 Å². The number of aromatic nitrogens is 3. The first-order valence-electron chi connectivity index (χ1n) is 7.01. The van der Waals surface area contributed by atoms with Gasteiger partial charge in [0.15, 0.2) is 5.65 Å². The molecule has 0 radical (unpaired) electrons. The Morgan fingerprint density at radius 1 is 1.23 bits per heavy atom. The molecule has 0 fully saturated rings. The van der Waals surface area contributed by atoms with Crippen LogP contribution in [0.15, 0.2) is 41.7 Å². The molecule has 0 amide bonds. The average molecular weight is 314 g/mol. The molecule has 0 aliphatic carbocycles. The van der Waals surface area contributed by atoms with Crippen molar-refractivity contribution < 1.29 is 4.55 Å². The van der Waals surface area contributed by atoms with Gasteiger partial charge < -0.3 is 9.45 Å². The summed E-state index contributed by atoms with van der Waals surface area (Å²) in [6, 6.07) is 9.81. The second-order valence-corrected chi connectivity index (χ2v) is 6.74. The summed E-state index contributed by atoms with van der Waals surface area (Å²) in [6.07, 6.45) is 1.68. The van der Waals surface area contributed by atoms with Gasteiger partial charge in [0.2, 0.25) is 0 Å². The molecule has 1 aromatic carbocycles. The van der Waals surface area contributed by atoms with E-state index in [0.29, 0.717) is 16.6 Å². The van der Waals surface area contributed by atoms with E-state index in [1.165, 1.54) is 0 Å². The third-order valence-corrected chi connectivity index (χ3v) is 4.77. The maximum Gasteiger partial charge on any atom is 0.323 e. The molecule has 3 rings (SSSR count). The lowest BCUT2D eigenvalue weighted by atomic mass is 10.1. The van der Waals surface area contributed by atoms with Crippen LogP contribution in [0.2, 0.25) is 0 Å².